The molecule has 0 amide bonds. The minimum atomic E-state index is -0.603. The highest BCUT2D eigenvalue weighted by atomic mass is 79.9. The SMILES string of the molecule is Cc1cc(C(O)c2cccc(Cl)c2)sc1Br. The fourth-order valence-corrected chi connectivity index (χ4v) is 3.24. The van der Waals surface area contributed by atoms with Gasteiger partial charge in [0.15, 0.2) is 0 Å². The number of halogens is 2. The molecular weight excluding hydrogens is 308 g/mol. The monoisotopic (exact) mass is 316 g/mol. The summed E-state index contributed by atoms with van der Waals surface area (Å²) in [5.74, 6) is 0. The first kappa shape index (κ1) is 12.1. The highest BCUT2D eigenvalue weighted by Gasteiger charge is 2.14. The van der Waals surface area contributed by atoms with E-state index in [1.54, 1.807) is 23.5 Å². The normalized spacial score (nSPS) is 12.8. The quantitative estimate of drug-likeness (QED) is 0.861. The van der Waals surface area contributed by atoms with E-state index in [4.69, 9.17) is 11.6 Å². The van der Waals surface area contributed by atoms with Crippen molar-refractivity contribution in [1.29, 1.82) is 0 Å². The molecule has 4 heteroatoms. The van der Waals surface area contributed by atoms with Crippen molar-refractivity contribution in [3.05, 3.63) is 55.1 Å². The van der Waals surface area contributed by atoms with E-state index in [1.807, 2.05) is 25.1 Å². The second-order valence-electron chi connectivity index (χ2n) is 3.56. The van der Waals surface area contributed by atoms with Gasteiger partial charge in [-0.25, -0.2) is 0 Å². The largest absolute Gasteiger partial charge is 0.383 e. The van der Waals surface area contributed by atoms with Crippen molar-refractivity contribution in [2.75, 3.05) is 0 Å². The van der Waals surface area contributed by atoms with Gasteiger partial charge in [0, 0.05) is 9.90 Å². The Hall–Kier alpha value is -0.350. The van der Waals surface area contributed by atoms with E-state index in [1.165, 1.54) is 0 Å². The molecule has 1 aromatic heterocycles. The number of aliphatic hydroxyl groups excluding tert-OH is 1. The van der Waals surface area contributed by atoms with E-state index >= 15 is 0 Å². The highest BCUT2D eigenvalue weighted by molar-refractivity contribution is 9.11. The Labute approximate surface area is 112 Å². The van der Waals surface area contributed by atoms with E-state index in [9.17, 15) is 5.11 Å². The predicted octanol–water partition coefficient (Wildman–Crippen LogP) is 4.55. The van der Waals surface area contributed by atoms with Crippen LogP contribution in [0.5, 0.6) is 0 Å². The third kappa shape index (κ3) is 2.48. The number of hydrogen-bond acceptors (Lipinski definition) is 2. The van der Waals surface area contributed by atoms with Crippen LogP contribution in [-0.2, 0) is 0 Å². The predicted molar refractivity (Wildman–Crippen MR) is 72.3 cm³/mol. The van der Waals surface area contributed by atoms with Crippen molar-refractivity contribution in [3.8, 4) is 0 Å². The molecule has 0 aliphatic carbocycles. The first-order valence-electron chi connectivity index (χ1n) is 4.77. The van der Waals surface area contributed by atoms with Gasteiger partial charge in [0.2, 0.25) is 0 Å². The lowest BCUT2D eigenvalue weighted by Crippen LogP contribution is -1.96. The first-order chi connectivity index (χ1) is 7.58. The average Bonchev–Trinajstić information content (AvgIpc) is 2.58. The molecule has 1 unspecified atom stereocenters. The van der Waals surface area contributed by atoms with Crippen molar-refractivity contribution >= 4 is 38.9 Å². The maximum Gasteiger partial charge on any atom is 0.113 e. The summed E-state index contributed by atoms with van der Waals surface area (Å²) in [5, 5.41) is 10.8. The second-order valence-corrected chi connectivity index (χ2v) is 6.40. The fraction of sp³-hybridized carbons (Fsp3) is 0.167. The Bertz CT molecular complexity index is 490. The molecule has 16 heavy (non-hydrogen) atoms. The molecule has 1 atom stereocenters. The molecule has 0 radical (unpaired) electrons. The molecule has 0 spiro atoms. The Balaban J connectivity index is 2.35. The number of aliphatic hydroxyl groups is 1. The molecule has 1 N–H and O–H groups in total. The Morgan fingerprint density at radius 2 is 2.12 bits per heavy atom. The van der Waals surface area contributed by atoms with Crippen LogP contribution < -0.4 is 0 Å². The summed E-state index contributed by atoms with van der Waals surface area (Å²) >= 11 is 10.9. The van der Waals surface area contributed by atoms with Crippen LogP contribution in [0, 0.1) is 6.92 Å². The molecule has 1 heterocycles. The number of benzene rings is 1. The first-order valence-corrected chi connectivity index (χ1v) is 6.76. The van der Waals surface area contributed by atoms with Gasteiger partial charge < -0.3 is 5.11 Å². The van der Waals surface area contributed by atoms with Crippen LogP contribution in [0.1, 0.15) is 22.1 Å². The third-order valence-electron chi connectivity index (χ3n) is 2.31. The van der Waals surface area contributed by atoms with Gasteiger partial charge in [0.05, 0.1) is 3.79 Å². The number of thiophene rings is 1. The number of rotatable bonds is 2. The van der Waals surface area contributed by atoms with E-state index < -0.39 is 6.10 Å². The average molecular weight is 318 g/mol. The van der Waals surface area contributed by atoms with Crippen LogP contribution in [0.4, 0.5) is 0 Å². The van der Waals surface area contributed by atoms with Crippen molar-refractivity contribution in [2.24, 2.45) is 0 Å². The molecule has 0 fully saturated rings. The molecule has 0 bridgehead atoms. The van der Waals surface area contributed by atoms with Gasteiger partial charge in [-0.2, -0.15) is 0 Å². The lowest BCUT2D eigenvalue weighted by Gasteiger charge is -2.08. The van der Waals surface area contributed by atoms with Crippen LogP contribution in [0.15, 0.2) is 34.1 Å². The van der Waals surface area contributed by atoms with Crippen LogP contribution in [-0.4, -0.2) is 5.11 Å². The molecule has 1 nitrogen and oxygen atoms in total. The van der Waals surface area contributed by atoms with Gasteiger partial charge >= 0.3 is 0 Å². The third-order valence-corrected chi connectivity index (χ3v) is 4.73. The Morgan fingerprint density at radius 1 is 1.38 bits per heavy atom. The summed E-state index contributed by atoms with van der Waals surface area (Å²) < 4.78 is 1.06. The minimum Gasteiger partial charge on any atom is -0.383 e. The zero-order valence-electron chi connectivity index (χ0n) is 8.58. The minimum absolute atomic E-state index is 0.603. The summed E-state index contributed by atoms with van der Waals surface area (Å²) in [7, 11) is 0. The highest BCUT2D eigenvalue weighted by Crippen LogP contribution is 2.34. The van der Waals surface area contributed by atoms with Crippen molar-refractivity contribution < 1.29 is 5.11 Å². The van der Waals surface area contributed by atoms with E-state index in [0.717, 1.165) is 19.8 Å². The van der Waals surface area contributed by atoms with Gasteiger partial charge in [0.25, 0.3) is 0 Å². The summed E-state index contributed by atoms with van der Waals surface area (Å²) in [4.78, 5) is 0.923. The van der Waals surface area contributed by atoms with Gasteiger partial charge in [0.1, 0.15) is 6.10 Å². The zero-order valence-corrected chi connectivity index (χ0v) is 11.7. The van der Waals surface area contributed by atoms with Crippen LogP contribution in [0.25, 0.3) is 0 Å². The van der Waals surface area contributed by atoms with Crippen molar-refractivity contribution in [3.63, 3.8) is 0 Å². The topological polar surface area (TPSA) is 20.2 Å². The molecule has 1 aromatic carbocycles. The molecule has 0 saturated carbocycles. The number of hydrogen-bond donors (Lipinski definition) is 1. The molecule has 2 rings (SSSR count). The van der Waals surface area contributed by atoms with E-state index in [-0.39, 0.29) is 0 Å². The number of aryl methyl sites for hydroxylation is 1. The second kappa shape index (κ2) is 4.88. The molecule has 0 saturated heterocycles. The van der Waals surface area contributed by atoms with Gasteiger partial charge in [-0.3, -0.25) is 0 Å². The molecule has 0 aliphatic rings. The fourth-order valence-electron chi connectivity index (χ4n) is 1.46. The lowest BCUT2D eigenvalue weighted by molar-refractivity contribution is 0.224. The van der Waals surface area contributed by atoms with Gasteiger partial charge in [-0.15, -0.1) is 11.3 Å². The Morgan fingerprint density at radius 3 is 2.69 bits per heavy atom. The summed E-state index contributed by atoms with van der Waals surface area (Å²) in [6, 6.07) is 9.29. The lowest BCUT2D eigenvalue weighted by atomic mass is 10.1. The summed E-state index contributed by atoms with van der Waals surface area (Å²) in [6.45, 7) is 2.01. The molecule has 0 aliphatic heterocycles. The van der Waals surface area contributed by atoms with E-state index in [2.05, 4.69) is 15.9 Å². The smallest absolute Gasteiger partial charge is 0.113 e. The van der Waals surface area contributed by atoms with Gasteiger partial charge in [-0.05, 0) is 52.2 Å². The molecular formula is C12H10BrClOS. The van der Waals surface area contributed by atoms with Gasteiger partial charge in [-0.1, -0.05) is 23.7 Å². The van der Waals surface area contributed by atoms with Crippen LogP contribution in [0.3, 0.4) is 0 Å². The summed E-state index contributed by atoms with van der Waals surface area (Å²) in [5.41, 5.74) is 1.96. The molecule has 84 valence electrons. The molecule has 2 aromatic rings. The standard InChI is InChI=1S/C12H10BrClOS/c1-7-5-10(16-12(7)13)11(15)8-3-2-4-9(14)6-8/h2-6,11,15H,1H3. The maximum absolute atomic E-state index is 10.2. The van der Waals surface area contributed by atoms with Crippen LogP contribution >= 0.6 is 38.9 Å². The van der Waals surface area contributed by atoms with Crippen molar-refractivity contribution in [2.45, 2.75) is 13.0 Å². The maximum atomic E-state index is 10.2. The van der Waals surface area contributed by atoms with Crippen LogP contribution in [0.2, 0.25) is 5.02 Å². The summed E-state index contributed by atoms with van der Waals surface area (Å²) in [6.07, 6.45) is -0.603. The Kier molecular flexibility index (Phi) is 3.70. The zero-order chi connectivity index (χ0) is 11.7. The van der Waals surface area contributed by atoms with E-state index in [0.29, 0.717) is 5.02 Å². The van der Waals surface area contributed by atoms with Crippen molar-refractivity contribution in [1.82, 2.24) is 0 Å².